The van der Waals surface area contributed by atoms with Crippen LogP contribution in [-0.2, 0) is 0 Å². The molecule has 0 radical (unpaired) electrons. The van der Waals surface area contributed by atoms with E-state index in [2.05, 4.69) is 26.5 Å². The number of rotatable bonds is 6. The van der Waals surface area contributed by atoms with Crippen LogP contribution in [0.3, 0.4) is 0 Å². The lowest BCUT2D eigenvalue weighted by atomic mass is 10.0. The van der Waals surface area contributed by atoms with Gasteiger partial charge in [-0.1, -0.05) is 34.1 Å². The molecule has 0 aliphatic rings. The molecule has 33 heavy (non-hydrogen) atoms. The molecule has 0 saturated heterocycles. The van der Waals surface area contributed by atoms with Gasteiger partial charge in [0.15, 0.2) is 0 Å². The van der Waals surface area contributed by atoms with E-state index in [4.69, 9.17) is 14.5 Å². The van der Waals surface area contributed by atoms with Crippen LogP contribution in [-0.4, -0.2) is 36.4 Å². The molecule has 1 aromatic heterocycles. The minimum atomic E-state index is -0.414. The van der Waals surface area contributed by atoms with E-state index in [-0.39, 0.29) is 5.75 Å². The molecule has 0 saturated carbocycles. The summed E-state index contributed by atoms with van der Waals surface area (Å²) in [5.74, 6) is 0.888. The third-order valence-corrected chi connectivity index (χ3v) is 5.50. The van der Waals surface area contributed by atoms with Crippen LogP contribution in [0.1, 0.15) is 15.9 Å². The Hall–Kier alpha value is -3.91. The number of aromatic nitrogens is 1. The van der Waals surface area contributed by atoms with Crippen LogP contribution in [0.5, 0.6) is 17.2 Å². The van der Waals surface area contributed by atoms with E-state index >= 15 is 0 Å². The summed E-state index contributed by atoms with van der Waals surface area (Å²) in [6.45, 7) is 0. The molecule has 4 rings (SSSR count). The highest BCUT2D eigenvalue weighted by Crippen LogP contribution is 2.34. The fraction of sp³-hybridized carbons (Fsp3) is 0.0800. The van der Waals surface area contributed by atoms with E-state index < -0.39 is 5.91 Å². The Balaban J connectivity index is 1.74. The molecule has 166 valence electrons. The van der Waals surface area contributed by atoms with Crippen molar-refractivity contribution >= 4 is 39.0 Å². The van der Waals surface area contributed by atoms with Crippen molar-refractivity contribution in [2.75, 3.05) is 14.2 Å². The molecule has 0 atom stereocenters. The van der Waals surface area contributed by atoms with Crippen molar-refractivity contribution in [3.63, 3.8) is 0 Å². The zero-order chi connectivity index (χ0) is 23.4. The number of phenolic OH excluding ortho intramolecular Hbond substituents is 1. The van der Waals surface area contributed by atoms with Gasteiger partial charge in [-0.05, 0) is 48.5 Å². The smallest absolute Gasteiger partial charge is 0.272 e. The molecule has 0 unspecified atom stereocenters. The fourth-order valence-electron chi connectivity index (χ4n) is 3.36. The monoisotopic (exact) mass is 505 g/mol. The second-order valence-corrected chi connectivity index (χ2v) is 7.96. The zero-order valence-corrected chi connectivity index (χ0v) is 19.5. The molecular formula is C25H20BrN3O4. The predicted molar refractivity (Wildman–Crippen MR) is 131 cm³/mol. The number of nitrogens with zero attached hydrogens (tertiary/aromatic N) is 2. The minimum absolute atomic E-state index is 0.0537. The van der Waals surface area contributed by atoms with Gasteiger partial charge in [0.05, 0.1) is 37.2 Å². The Morgan fingerprint density at radius 2 is 1.88 bits per heavy atom. The Labute approximate surface area is 198 Å². The molecule has 7 nitrogen and oxygen atoms in total. The first-order valence-corrected chi connectivity index (χ1v) is 10.7. The van der Waals surface area contributed by atoms with Gasteiger partial charge in [0, 0.05) is 21.0 Å². The second-order valence-electron chi connectivity index (χ2n) is 7.04. The van der Waals surface area contributed by atoms with Crippen molar-refractivity contribution < 1.29 is 19.4 Å². The number of aromatic hydroxyl groups is 1. The maximum Gasteiger partial charge on any atom is 0.272 e. The number of benzene rings is 3. The maximum absolute atomic E-state index is 13.1. The standard InChI is InChI=1S/C25H20BrN3O4/c1-32-17-8-10-24(33-2)20(12-17)22-13-19(18-5-3-4-6-21(18)28-22)25(31)29-27-14-15-11-16(26)7-9-23(15)30/h3-14,30H,1-2H3,(H,29,31)/b27-14-. The average Bonchev–Trinajstić information content (AvgIpc) is 2.84. The first-order valence-electron chi connectivity index (χ1n) is 9.94. The SMILES string of the molecule is COc1ccc(OC)c(-c2cc(C(=O)N/N=C\c3cc(Br)ccc3O)c3ccccc3n2)c1. The first kappa shape index (κ1) is 22.3. The molecule has 2 N–H and O–H groups in total. The molecule has 8 heteroatoms. The number of hydrogen-bond acceptors (Lipinski definition) is 6. The largest absolute Gasteiger partial charge is 0.507 e. The summed E-state index contributed by atoms with van der Waals surface area (Å²) in [5.41, 5.74) is 5.30. The summed E-state index contributed by atoms with van der Waals surface area (Å²) < 4.78 is 11.6. The van der Waals surface area contributed by atoms with Gasteiger partial charge in [0.1, 0.15) is 17.2 Å². The van der Waals surface area contributed by atoms with Crippen LogP contribution in [0, 0.1) is 0 Å². The van der Waals surface area contributed by atoms with Crippen molar-refractivity contribution in [3.05, 3.63) is 82.3 Å². The van der Waals surface area contributed by atoms with E-state index in [0.29, 0.717) is 44.8 Å². The van der Waals surface area contributed by atoms with Gasteiger partial charge >= 0.3 is 0 Å². The summed E-state index contributed by atoms with van der Waals surface area (Å²) in [7, 11) is 3.16. The summed E-state index contributed by atoms with van der Waals surface area (Å²) in [6, 6.07) is 19.4. The summed E-state index contributed by atoms with van der Waals surface area (Å²) >= 11 is 3.35. The van der Waals surface area contributed by atoms with Gasteiger partial charge in [-0.2, -0.15) is 5.10 Å². The van der Waals surface area contributed by atoms with E-state index in [9.17, 15) is 9.90 Å². The van der Waals surface area contributed by atoms with Gasteiger partial charge in [-0.15, -0.1) is 0 Å². The van der Waals surface area contributed by atoms with Crippen LogP contribution in [0.2, 0.25) is 0 Å². The van der Waals surface area contributed by atoms with Crippen molar-refractivity contribution in [1.29, 1.82) is 0 Å². The highest BCUT2D eigenvalue weighted by molar-refractivity contribution is 9.10. The van der Waals surface area contributed by atoms with E-state index in [0.717, 1.165) is 4.47 Å². The first-order chi connectivity index (χ1) is 16.0. The molecule has 0 aliphatic carbocycles. The van der Waals surface area contributed by atoms with E-state index in [1.165, 1.54) is 12.3 Å². The van der Waals surface area contributed by atoms with Gasteiger partial charge in [-0.25, -0.2) is 10.4 Å². The highest BCUT2D eigenvalue weighted by Gasteiger charge is 2.16. The third kappa shape index (κ3) is 4.80. The number of methoxy groups -OCH3 is 2. The molecule has 0 bridgehead atoms. The molecule has 1 heterocycles. The number of nitrogens with one attached hydrogen (secondary N) is 1. The van der Waals surface area contributed by atoms with Gasteiger partial charge in [0.2, 0.25) is 0 Å². The quantitative estimate of drug-likeness (QED) is 0.279. The van der Waals surface area contributed by atoms with E-state index in [1.54, 1.807) is 44.6 Å². The Morgan fingerprint density at radius 1 is 1.06 bits per heavy atom. The Kier molecular flexibility index (Phi) is 6.55. The number of carbonyl (C=O) groups excluding carboxylic acids is 1. The van der Waals surface area contributed by atoms with Crippen LogP contribution in [0.15, 0.2) is 76.3 Å². The highest BCUT2D eigenvalue weighted by atomic mass is 79.9. The van der Waals surface area contributed by atoms with Crippen molar-refractivity contribution in [2.24, 2.45) is 5.10 Å². The molecule has 0 fully saturated rings. The normalized spacial score (nSPS) is 11.0. The fourth-order valence-corrected chi connectivity index (χ4v) is 3.74. The lowest BCUT2D eigenvalue weighted by Gasteiger charge is -2.13. The molecular weight excluding hydrogens is 486 g/mol. The number of phenols is 1. The number of hydrogen-bond donors (Lipinski definition) is 2. The molecule has 4 aromatic rings. The van der Waals surface area contributed by atoms with Crippen molar-refractivity contribution in [3.8, 4) is 28.5 Å². The van der Waals surface area contributed by atoms with Crippen LogP contribution in [0.25, 0.3) is 22.2 Å². The lowest BCUT2D eigenvalue weighted by Crippen LogP contribution is -2.18. The van der Waals surface area contributed by atoms with Gasteiger partial charge in [0.25, 0.3) is 5.91 Å². The maximum atomic E-state index is 13.1. The zero-order valence-electron chi connectivity index (χ0n) is 17.9. The summed E-state index contributed by atoms with van der Waals surface area (Å²) in [6.07, 6.45) is 1.38. The van der Waals surface area contributed by atoms with Gasteiger partial charge in [-0.3, -0.25) is 4.79 Å². The topological polar surface area (TPSA) is 93.0 Å². The average molecular weight is 506 g/mol. The van der Waals surface area contributed by atoms with Crippen molar-refractivity contribution in [2.45, 2.75) is 0 Å². The molecule has 0 spiro atoms. The Morgan fingerprint density at radius 3 is 2.67 bits per heavy atom. The number of amides is 1. The number of para-hydroxylation sites is 1. The Bertz CT molecular complexity index is 1370. The van der Waals surface area contributed by atoms with Crippen LogP contribution < -0.4 is 14.9 Å². The molecule has 1 amide bonds. The molecule has 3 aromatic carbocycles. The number of ether oxygens (including phenoxy) is 2. The predicted octanol–water partition coefficient (Wildman–Crippen LogP) is 5.15. The van der Waals surface area contributed by atoms with Gasteiger partial charge < -0.3 is 14.6 Å². The number of pyridine rings is 1. The summed E-state index contributed by atoms with van der Waals surface area (Å²) in [5, 5.41) is 14.7. The van der Waals surface area contributed by atoms with Crippen LogP contribution in [0.4, 0.5) is 0 Å². The number of halogens is 1. The number of carbonyl (C=O) groups is 1. The minimum Gasteiger partial charge on any atom is -0.507 e. The van der Waals surface area contributed by atoms with E-state index in [1.807, 2.05) is 30.3 Å². The third-order valence-electron chi connectivity index (χ3n) is 5.00. The second kappa shape index (κ2) is 9.70. The van der Waals surface area contributed by atoms with Crippen LogP contribution >= 0.6 is 15.9 Å². The molecule has 0 aliphatic heterocycles. The lowest BCUT2D eigenvalue weighted by molar-refractivity contribution is 0.0956. The summed E-state index contributed by atoms with van der Waals surface area (Å²) in [4.78, 5) is 17.8. The number of fused-ring (bicyclic) bond motifs is 1. The number of hydrazone groups is 1. The van der Waals surface area contributed by atoms with Crippen molar-refractivity contribution in [1.82, 2.24) is 10.4 Å².